The fourth-order valence-electron chi connectivity index (χ4n) is 4.19. The molecule has 3 aromatic rings. The Hall–Kier alpha value is -3.69. The number of imidazole rings is 1. The van der Waals surface area contributed by atoms with E-state index in [1.165, 1.54) is 10.6 Å². The number of rotatable bonds is 5. The van der Waals surface area contributed by atoms with Crippen LogP contribution in [0.1, 0.15) is 28.2 Å². The van der Waals surface area contributed by atoms with E-state index in [9.17, 15) is 18.4 Å². The van der Waals surface area contributed by atoms with Crippen LogP contribution in [0, 0.1) is 6.92 Å². The monoisotopic (exact) mass is 456 g/mol. The topological polar surface area (TPSA) is 78.6 Å². The van der Waals surface area contributed by atoms with Crippen LogP contribution >= 0.6 is 0 Å². The number of alkyl halides is 2. The van der Waals surface area contributed by atoms with Crippen molar-refractivity contribution in [3.05, 3.63) is 70.2 Å². The van der Waals surface area contributed by atoms with Gasteiger partial charge in [0.2, 0.25) is 0 Å². The molecule has 0 fully saturated rings. The van der Waals surface area contributed by atoms with E-state index in [2.05, 4.69) is 4.98 Å². The van der Waals surface area contributed by atoms with E-state index in [4.69, 9.17) is 9.47 Å². The van der Waals surface area contributed by atoms with Gasteiger partial charge in [0.1, 0.15) is 29.5 Å². The molecule has 0 saturated heterocycles. The maximum atomic E-state index is 13.5. The Morgan fingerprint density at radius 3 is 2.82 bits per heavy atom. The van der Waals surface area contributed by atoms with Crippen LogP contribution in [0.25, 0.3) is 5.69 Å². The zero-order valence-electron chi connectivity index (χ0n) is 18.0. The predicted molar refractivity (Wildman–Crippen MR) is 114 cm³/mol. The fourth-order valence-corrected chi connectivity index (χ4v) is 4.19. The molecule has 5 rings (SSSR count). The largest absolute Gasteiger partial charge is 0.491 e. The smallest absolute Gasteiger partial charge is 0.398 e. The summed E-state index contributed by atoms with van der Waals surface area (Å²) in [5.74, 6) is 0.340. The third-order valence-corrected chi connectivity index (χ3v) is 5.88. The molecule has 4 heterocycles. The molecule has 172 valence electrons. The van der Waals surface area contributed by atoms with Crippen LogP contribution < -0.4 is 15.0 Å². The maximum absolute atomic E-state index is 13.5. The first-order valence-corrected chi connectivity index (χ1v) is 10.7. The summed E-state index contributed by atoms with van der Waals surface area (Å²) >= 11 is 0. The lowest BCUT2D eigenvalue weighted by Crippen LogP contribution is -2.46. The van der Waals surface area contributed by atoms with E-state index in [-0.39, 0.29) is 30.2 Å². The molecule has 0 bridgehead atoms. The molecule has 8 nitrogen and oxygen atoms in total. The van der Waals surface area contributed by atoms with Crippen molar-refractivity contribution in [2.24, 2.45) is 0 Å². The van der Waals surface area contributed by atoms with Gasteiger partial charge in [0.15, 0.2) is 0 Å². The van der Waals surface area contributed by atoms with Gasteiger partial charge in [0, 0.05) is 24.8 Å². The number of benzene rings is 1. The molecule has 2 aliphatic heterocycles. The predicted octanol–water partition coefficient (Wildman–Crippen LogP) is 2.80. The summed E-state index contributed by atoms with van der Waals surface area (Å²) in [6.45, 7) is 3.06. The number of halogens is 2. The summed E-state index contributed by atoms with van der Waals surface area (Å²) in [7, 11) is 0. The first kappa shape index (κ1) is 21.2. The van der Waals surface area contributed by atoms with Crippen LogP contribution in [0.15, 0.2) is 47.7 Å². The maximum Gasteiger partial charge on any atom is 0.398 e. The molecule has 0 atom stereocenters. The van der Waals surface area contributed by atoms with Crippen LogP contribution in [-0.4, -0.2) is 50.7 Å². The zero-order chi connectivity index (χ0) is 23.2. The van der Waals surface area contributed by atoms with E-state index < -0.39 is 12.5 Å². The second-order valence-electron chi connectivity index (χ2n) is 8.10. The minimum Gasteiger partial charge on any atom is -0.491 e. The van der Waals surface area contributed by atoms with Crippen LogP contribution in [0.3, 0.4) is 0 Å². The first-order chi connectivity index (χ1) is 15.8. The first-order valence-electron chi connectivity index (χ1n) is 10.7. The number of nitrogens with zero attached hydrogens (tertiary/aromatic N) is 4. The van der Waals surface area contributed by atoms with Crippen LogP contribution in [0.5, 0.6) is 11.5 Å². The number of hydrogen-bond donors (Lipinski definition) is 0. The summed E-state index contributed by atoms with van der Waals surface area (Å²) in [6.07, 6.45) is -0.102. The van der Waals surface area contributed by atoms with Crippen molar-refractivity contribution < 1.29 is 23.0 Å². The highest BCUT2D eigenvalue weighted by Gasteiger charge is 2.37. The average molecular weight is 456 g/mol. The molecule has 0 unspecified atom stereocenters. The van der Waals surface area contributed by atoms with Gasteiger partial charge in [-0.15, -0.1) is 0 Å². The van der Waals surface area contributed by atoms with Crippen LogP contribution in [0.4, 0.5) is 8.78 Å². The van der Waals surface area contributed by atoms with Gasteiger partial charge in [0.25, 0.3) is 11.5 Å². The molecule has 1 aromatic carbocycles. The summed E-state index contributed by atoms with van der Waals surface area (Å²) in [5.41, 5.74) is 1.90. The summed E-state index contributed by atoms with van der Waals surface area (Å²) in [5, 5.41) is 0. The molecule has 0 saturated carbocycles. The second kappa shape index (κ2) is 8.02. The van der Waals surface area contributed by atoms with Gasteiger partial charge < -0.3 is 23.5 Å². The minimum absolute atomic E-state index is 0.120. The van der Waals surface area contributed by atoms with Crippen LogP contribution in [-0.2, 0) is 13.0 Å². The van der Waals surface area contributed by atoms with Crippen molar-refractivity contribution in [3.8, 4) is 17.2 Å². The SMILES string of the molecule is Cc1cn(-c2ccc3n(c2=O)CCN(CCOc2cccc4c2CCC(F)(F)O4)C3=O)cn1. The molecule has 2 aliphatic rings. The number of carbonyl (C=O) groups is 1. The van der Waals surface area contributed by atoms with Gasteiger partial charge in [0.05, 0.1) is 25.0 Å². The Labute approximate surface area is 188 Å². The lowest BCUT2D eigenvalue weighted by Gasteiger charge is -2.30. The standard InChI is InChI=1S/C23H22F2N4O4/c1-15-13-28(14-26-15)17-5-6-18-21(30)27(9-10-29(18)22(17)31)11-12-32-19-3-2-4-20-16(19)7-8-23(24,25)33-20/h2-6,13-14H,7-12H2,1H3. The van der Waals surface area contributed by atoms with Crippen LogP contribution in [0.2, 0.25) is 0 Å². The highest BCUT2D eigenvalue weighted by molar-refractivity contribution is 5.93. The molecule has 2 aromatic heterocycles. The highest BCUT2D eigenvalue weighted by atomic mass is 19.3. The lowest BCUT2D eigenvalue weighted by atomic mass is 10.0. The van der Waals surface area contributed by atoms with Gasteiger partial charge in [-0.3, -0.25) is 9.59 Å². The molecule has 0 spiro atoms. The number of carbonyl (C=O) groups excluding carboxylic acids is 1. The number of aryl methyl sites for hydroxylation is 1. The van der Waals surface area contributed by atoms with Crippen molar-refractivity contribution in [1.82, 2.24) is 19.0 Å². The zero-order valence-corrected chi connectivity index (χ0v) is 18.0. The number of amides is 1. The van der Waals surface area contributed by atoms with Gasteiger partial charge >= 0.3 is 6.11 Å². The Bertz CT molecular complexity index is 1280. The fraction of sp³-hybridized carbons (Fsp3) is 0.348. The van der Waals surface area contributed by atoms with Gasteiger partial charge in [-0.25, -0.2) is 4.98 Å². The van der Waals surface area contributed by atoms with E-state index in [0.717, 1.165) is 5.69 Å². The van der Waals surface area contributed by atoms with Gasteiger partial charge in [-0.2, -0.15) is 8.78 Å². The molecular formula is C23H22F2N4O4. The quantitative estimate of drug-likeness (QED) is 0.590. The number of hydrogen-bond acceptors (Lipinski definition) is 5. The van der Waals surface area contributed by atoms with Crippen molar-refractivity contribution >= 4 is 5.91 Å². The Morgan fingerprint density at radius 1 is 1.18 bits per heavy atom. The Morgan fingerprint density at radius 2 is 2.03 bits per heavy atom. The Kier molecular flexibility index (Phi) is 5.15. The average Bonchev–Trinajstić information content (AvgIpc) is 3.21. The van der Waals surface area contributed by atoms with E-state index in [1.54, 1.807) is 46.3 Å². The minimum atomic E-state index is -3.17. The summed E-state index contributed by atoms with van der Waals surface area (Å²) in [6, 6.07) is 8.07. The van der Waals surface area contributed by atoms with Crippen molar-refractivity contribution in [3.63, 3.8) is 0 Å². The molecule has 33 heavy (non-hydrogen) atoms. The van der Waals surface area contributed by atoms with Gasteiger partial charge in [-0.05, 0) is 37.6 Å². The van der Waals surface area contributed by atoms with Crippen molar-refractivity contribution in [1.29, 1.82) is 0 Å². The Balaban J connectivity index is 1.27. The molecule has 0 N–H and O–H groups in total. The second-order valence-corrected chi connectivity index (χ2v) is 8.10. The summed E-state index contributed by atoms with van der Waals surface area (Å²) < 4.78 is 40.7. The number of fused-ring (bicyclic) bond motifs is 2. The molecule has 1 amide bonds. The summed E-state index contributed by atoms with van der Waals surface area (Å²) in [4.78, 5) is 31.6. The van der Waals surface area contributed by atoms with E-state index in [0.29, 0.717) is 42.3 Å². The third kappa shape index (κ3) is 3.96. The number of aromatic nitrogens is 3. The number of ether oxygens (including phenoxy) is 2. The number of pyridine rings is 1. The van der Waals surface area contributed by atoms with E-state index in [1.807, 2.05) is 6.92 Å². The lowest BCUT2D eigenvalue weighted by molar-refractivity contribution is -0.187. The van der Waals surface area contributed by atoms with Crippen molar-refractivity contribution in [2.45, 2.75) is 32.4 Å². The molecule has 10 heteroatoms. The third-order valence-electron chi connectivity index (χ3n) is 5.88. The highest BCUT2D eigenvalue weighted by Crippen LogP contribution is 2.39. The molecular weight excluding hydrogens is 434 g/mol. The molecule has 0 radical (unpaired) electrons. The molecule has 0 aliphatic carbocycles. The van der Waals surface area contributed by atoms with E-state index >= 15 is 0 Å². The van der Waals surface area contributed by atoms with Crippen molar-refractivity contribution in [2.75, 3.05) is 19.7 Å². The normalized spacial score (nSPS) is 16.7. The van der Waals surface area contributed by atoms with Gasteiger partial charge in [-0.1, -0.05) is 6.07 Å².